The largest absolute Gasteiger partial charge is 0.457 e. The third kappa shape index (κ3) is 3.94. The average Bonchev–Trinajstić information content (AvgIpc) is 2.84. The lowest BCUT2D eigenvalue weighted by atomic mass is 10.4. The Morgan fingerprint density at radius 3 is 2.58 bits per heavy atom. The SMILES string of the molecule is CCOP(=O)(OCC)C(=O)c1ccc(CN=[N+]=[N-])o1. The summed E-state index contributed by atoms with van der Waals surface area (Å²) in [6.07, 6.45) is 0. The van der Waals surface area contributed by atoms with Crippen LogP contribution in [0.3, 0.4) is 0 Å². The van der Waals surface area contributed by atoms with Crippen LogP contribution < -0.4 is 0 Å². The molecule has 1 rings (SSSR count). The molecule has 1 aromatic rings. The topological polar surface area (TPSA) is 114 Å². The highest BCUT2D eigenvalue weighted by molar-refractivity contribution is 7.72. The fraction of sp³-hybridized carbons (Fsp3) is 0.500. The van der Waals surface area contributed by atoms with Gasteiger partial charge in [-0.25, -0.2) is 0 Å². The van der Waals surface area contributed by atoms with Crippen molar-refractivity contribution in [1.82, 2.24) is 0 Å². The fourth-order valence-corrected chi connectivity index (χ4v) is 2.69. The van der Waals surface area contributed by atoms with Crippen molar-refractivity contribution in [1.29, 1.82) is 0 Å². The zero-order chi connectivity index (χ0) is 14.3. The quantitative estimate of drug-likeness (QED) is 0.314. The Balaban J connectivity index is 2.93. The lowest BCUT2D eigenvalue weighted by Gasteiger charge is -2.13. The minimum Gasteiger partial charge on any atom is -0.457 e. The number of azide groups is 1. The van der Waals surface area contributed by atoms with Gasteiger partial charge < -0.3 is 13.5 Å². The Labute approximate surface area is 109 Å². The molecule has 0 radical (unpaired) electrons. The molecule has 1 heterocycles. The van der Waals surface area contributed by atoms with Crippen molar-refractivity contribution in [3.05, 3.63) is 34.1 Å². The maximum Gasteiger partial charge on any atom is 0.404 e. The second-order valence-electron chi connectivity index (χ2n) is 3.29. The molecule has 0 bridgehead atoms. The van der Waals surface area contributed by atoms with Gasteiger partial charge in [0.05, 0.1) is 19.8 Å². The summed E-state index contributed by atoms with van der Waals surface area (Å²) in [6.45, 7) is 3.34. The fourth-order valence-electron chi connectivity index (χ4n) is 1.31. The van der Waals surface area contributed by atoms with Crippen molar-refractivity contribution in [2.75, 3.05) is 13.2 Å². The normalized spacial score (nSPS) is 11.1. The Hall–Kier alpha value is -1.59. The standard InChI is InChI=1S/C10H14N3O5P/c1-3-16-19(15,17-4-2)10(14)9-6-5-8(18-9)7-12-13-11/h5-6H,3-4,7H2,1-2H3. The van der Waals surface area contributed by atoms with E-state index in [1.54, 1.807) is 13.8 Å². The molecule has 0 saturated heterocycles. The summed E-state index contributed by atoms with van der Waals surface area (Å²) in [5.74, 6) is 0.147. The number of hydrogen-bond acceptors (Lipinski definition) is 6. The second kappa shape index (κ2) is 7.11. The molecule has 0 aliphatic carbocycles. The van der Waals surface area contributed by atoms with Gasteiger partial charge in [-0.2, -0.15) is 0 Å². The molecular formula is C10H14N3O5P. The van der Waals surface area contributed by atoms with Gasteiger partial charge in [0.15, 0.2) is 5.76 Å². The van der Waals surface area contributed by atoms with E-state index >= 15 is 0 Å². The highest BCUT2D eigenvalue weighted by Crippen LogP contribution is 2.51. The number of carbonyl (C=O) groups is 1. The summed E-state index contributed by atoms with van der Waals surface area (Å²) in [5, 5.41) is 3.29. The predicted octanol–water partition coefficient (Wildman–Crippen LogP) is 3.50. The lowest BCUT2D eigenvalue weighted by Crippen LogP contribution is -2.06. The van der Waals surface area contributed by atoms with Gasteiger partial charge in [-0.3, -0.25) is 9.36 Å². The van der Waals surface area contributed by atoms with Crippen LogP contribution in [0.5, 0.6) is 0 Å². The Morgan fingerprint density at radius 2 is 2.05 bits per heavy atom. The first-order valence-electron chi connectivity index (χ1n) is 5.61. The van der Waals surface area contributed by atoms with E-state index in [-0.39, 0.29) is 25.5 Å². The van der Waals surface area contributed by atoms with Crippen molar-refractivity contribution >= 4 is 13.1 Å². The van der Waals surface area contributed by atoms with Crippen molar-refractivity contribution in [3.8, 4) is 0 Å². The molecule has 0 aliphatic heterocycles. The van der Waals surface area contributed by atoms with Crippen LogP contribution in [0.1, 0.15) is 30.2 Å². The van der Waals surface area contributed by atoms with E-state index in [0.717, 1.165) is 0 Å². The number of rotatable bonds is 8. The van der Waals surface area contributed by atoms with Crippen LogP contribution in [-0.2, 0) is 20.2 Å². The van der Waals surface area contributed by atoms with Gasteiger partial charge in [0.25, 0.3) is 0 Å². The Bertz CT molecular complexity index is 525. The van der Waals surface area contributed by atoms with Gasteiger partial charge in [-0.15, -0.1) is 0 Å². The molecule has 0 aromatic carbocycles. The molecule has 1 aromatic heterocycles. The van der Waals surface area contributed by atoms with Crippen LogP contribution in [0.2, 0.25) is 0 Å². The maximum atomic E-state index is 12.2. The number of carbonyl (C=O) groups excluding carboxylic acids is 1. The molecule has 104 valence electrons. The summed E-state index contributed by atoms with van der Waals surface area (Å²) in [4.78, 5) is 14.6. The molecule has 19 heavy (non-hydrogen) atoms. The first-order valence-corrected chi connectivity index (χ1v) is 7.15. The van der Waals surface area contributed by atoms with E-state index in [1.807, 2.05) is 0 Å². The summed E-state index contributed by atoms with van der Waals surface area (Å²) in [5.41, 5.74) is 7.33. The third-order valence-electron chi connectivity index (χ3n) is 2.01. The van der Waals surface area contributed by atoms with Crippen LogP contribution >= 0.6 is 7.60 Å². The average molecular weight is 287 g/mol. The molecule has 0 amide bonds. The van der Waals surface area contributed by atoms with Gasteiger partial charge >= 0.3 is 13.1 Å². The van der Waals surface area contributed by atoms with Crippen LogP contribution in [0, 0.1) is 0 Å². The zero-order valence-electron chi connectivity index (χ0n) is 10.6. The molecule has 0 fully saturated rings. The van der Waals surface area contributed by atoms with E-state index in [2.05, 4.69) is 10.0 Å². The van der Waals surface area contributed by atoms with E-state index in [1.165, 1.54) is 12.1 Å². The minimum atomic E-state index is -3.88. The smallest absolute Gasteiger partial charge is 0.404 e. The van der Waals surface area contributed by atoms with E-state index in [0.29, 0.717) is 5.76 Å². The molecule has 0 saturated carbocycles. The van der Waals surface area contributed by atoms with Crippen LogP contribution in [-0.4, -0.2) is 18.7 Å². The molecule has 0 aliphatic rings. The molecule has 8 nitrogen and oxygen atoms in total. The number of furan rings is 1. The lowest BCUT2D eigenvalue weighted by molar-refractivity contribution is 0.0975. The van der Waals surface area contributed by atoms with Gasteiger partial charge in [-0.05, 0) is 31.5 Å². The second-order valence-corrected chi connectivity index (χ2v) is 5.21. The summed E-state index contributed by atoms with van der Waals surface area (Å²) in [7, 11) is -3.88. The molecular weight excluding hydrogens is 273 g/mol. The van der Waals surface area contributed by atoms with Gasteiger partial charge in [-0.1, -0.05) is 5.11 Å². The molecule has 9 heteroatoms. The first kappa shape index (κ1) is 15.5. The molecule has 0 unspecified atom stereocenters. The van der Waals surface area contributed by atoms with E-state index in [9.17, 15) is 9.36 Å². The van der Waals surface area contributed by atoms with Gasteiger partial charge in [0.2, 0.25) is 0 Å². The van der Waals surface area contributed by atoms with Gasteiger partial charge in [0.1, 0.15) is 5.76 Å². The number of nitrogens with zero attached hydrogens (tertiary/aromatic N) is 3. The minimum absolute atomic E-state index is 0.0304. The Kier molecular flexibility index (Phi) is 5.79. The monoisotopic (exact) mass is 287 g/mol. The van der Waals surface area contributed by atoms with E-state index in [4.69, 9.17) is 19.0 Å². The predicted molar refractivity (Wildman–Crippen MR) is 66.7 cm³/mol. The van der Waals surface area contributed by atoms with Crippen molar-refractivity contribution in [3.63, 3.8) is 0 Å². The molecule has 0 N–H and O–H groups in total. The van der Waals surface area contributed by atoms with Crippen LogP contribution in [0.25, 0.3) is 10.4 Å². The highest BCUT2D eigenvalue weighted by atomic mass is 31.2. The zero-order valence-corrected chi connectivity index (χ0v) is 11.5. The van der Waals surface area contributed by atoms with Gasteiger partial charge in [0, 0.05) is 4.91 Å². The number of hydrogen-bond donors (Lipinski definition) is 0. The third-order valence-corrected chi connectivity index (χ3v) is 3.92. The summed E-state index contributed by atoms with van der Waals surface area (Å²) in [6, 6.07) is 2.80. The summed E-state index contributed by atoms with van der Waals surface area (Å²) >= 11 is 0. The summed E-state index contributed by atoms with van der Waals surface area (Å²) < 4.78 is 27.2. The molecule has 0 spiro atoms. The van der Waals surface area contributed by atoms with Crippen LogP contribution in [0.15, 0.2) is 21.7 Å². The van der Waals surface area contributed by atoms with Crippen molar-refractivity contribution in [2.24, 2.45) is 5.11 Å². The van der Waals surface area contributed by atoms with Crippen LogP contribution in [0.4, 0.5) is 0 Å². The first-order chi connectivity index (χ1) is 9.07. The van der Waals surface area contributed by atoms with E-state index < -0.39 is 13.1 Å². The maximum absolute atomic E-state index is 12.2. The van der Waals surface area contributed by atoms with Crippen molar-refractivity contribution in [2.45, 2.75) is 20.4 Å². The Morgan fingerprint density at radius 1 is 1.42 bits per heavy atom. The van der Waals surface area contributed by atoms with Crippen molar-refractivity contribution < 1.29 is 22.8 Å². The molecule has 0 atom stereocenters. The highest BCUT2D eigenvalue weighted by Gasteiger charge is 2.37.